The van der Waals surface area contributed by atoms with Crippen molar-refractivity contribution in [3.63, 3.8) is 0 Å². The predicted molar refractivity (Wildman–Crippen MR) is 97.6 cm³/mol. The second kappa shape index (κ2) is 5.86. The van der Waals surface area contributed by atoms with Crippen LogP contribution < -0.4 is 0 Å². The summed E-state index contributed by atoms with van der Waals surface area (Å²) in [5, 5.41) is 1.86. The minimum absolute atomic E-state index is 0.719. The zero-order valence-corrected chi connectivity index (χ0v) is 13.2. The molecule has 110 valence electrons. The maximum absolute atomic E-state index is 6.18. The van der Waals surface area contributed by atoms with E-state index in [-0.39, 0.29) is 0 Å². The van der Waals surface area contributed by atoms with Crippen LogP contribution in [0.25, 0.3) is 33.3 Å². The molecule has 0 amide bonds. The lowest BCUT2D eigenvalue weighted by atomic mass is 9.97. The van der Waals surface area contributed by atoms with Crippen LogP contribution in [0, 0.1) is 0 Å². The lowest BCUT2D eigenvalue weighted by molar-refractivity contribution is 1.39. The molecule has 23 heavy (non-hydrogen) atoms. The summed E-state index contributed by atoms with van der Waals surface area (Å²) >= 11 is 6.18. The average Bonchev–Trinajstić information content (AvgIpc) is 2.61. The smallest absolute Gasteiger partial charge is 0.0788 e. The third-order valence-electron chi connectivity index (χ3n) is 3.91. The van der Waals surface area contributed by atoms with Crippen molar-refractivity contribution in [3.8, 4) is 22.4 Å². The number of para-hydroxylation sites is 1. The Labute approximate surface area is 140 Å². The van der Waals surface area contributed by atoms with Gasteiger partial charge in [-0.2, -0.15) is 0 Å². The fourth-order valence-corrected chi connectivity index (χ4v) is 3.00. The molecule has 4 aromatic rings. The van der Waals surface area contributed by atoms with E-state index < -0.39 is 0 Å². The fourth-order valence-electron chi connectivity index (χ4n) is 2.81. The molecule has 0 spiro atoms. The second-order valence-corrected chi connectivity index (χ2v) is 5.89. The number of pyridine rings is 1. The highest BCUT2D eigenvalue weighted by atomic mass is 35.5. The van der Waals surface area contributed by atoms with Crippen LogP contribution in [-0.4, -0.2) is 4.98 Å². The third-order valence-corrected chi connectivity index (χ3v) is 4.14. The van der Waals surface area contributed by atoms with Gasteiger partial charge in [-0.3, -0.25) is 0 Å². The minimum Gasteiger partial charge on any atom is -0.247 e. The van der Waals surface area contributed by atoms with Gasteiger partial charge in [-0.25, -0.2) is 4.98 Å². The van der Waals surface area contributed by atoms with E-state index in [9.17, 15) is 0 Å². The molecule has 0 aliphatic heterocycles. The van der Waals surface area contributed by atoms with Gasteiger partial charge in [0, 0.05) is 21.5 Å². The molecular formula is C21H14ClN. The number of hydrogen-bond donors (Lipinski definition) is 0. The summed E-state index contributed by atoms with van der Waals surface area (Å²) < 4.78 is 0. The van der Waals surface area contributed by atoms with E-state index in [0.29, 0.717) is 0 Å². The largest absolute Gasteiger partial charge is 0.247 e. The van der Waals surface area contributed by atoms with Gasteiger partial charge >= 0.3 is 0 Å². The highest BCUT2D eigenvalue weighted by molar-refractivity contribution is 6.30. The molecule has 3 aromatic carbocycles. The van der Waals surface area contributed by atoms with Crippen LogP contribution >= 0.6 is 11.6 Å². The van der Waals surface area contributed by atoms with Crippen molar-refractivity contribution in [3.05, 3.63) is 90.0 Å². The molecule has 0 aliphatic rings. The number of benzene rings is 3. The first-order chi connectivity index (χ1) is 11.3. The van der Waals surface area contributed by atoms with Crippen LogP contribution in [0.1, 0.15) is 0 Å². The van der Waals surface area contributed by atoms with Crippen molar-refractivity contribution in [2.45, 2.75) is 0 Å². The molecule has 0 N–H and O–H groups in total. The molecule has 0 unspecified atom stereocenters. The van der Waals surface area contributed by atoms with Crippen LogP contribution in [0.3, 0.4) is 0 Å². The predicted octanol–water partition coefficient (Wildman–Crippen LogP) is 6.22. The summed E-state index contributed by atoms with van der Waals surface area (Å²) in [7, 11) is 0. The maximum Gasteiger partial charge on any atom is 0.0788 e. The topological polar surface area (TPSA) is 12.9 Å². The van der Waals surface area contributed by atoms with E-state index in [1.165, 1.54) is 0 Å². The third kappa shape index (κ3) is 2.71. The van der Waals surface area contributed by atoms with Crippen molar-refractivity contribution in [1.82, 2.24) is 4.98 Å². The van der Waals surface area contributed by atoms with E-state index in [1.54, 1.807) is 0 Å². The van der Waals surface area contributed by atoms with Crippen LogP contribution in [0.4, 0.5) is 0 Å². The minimum atomic E-state index is 0.719. The molecule has 0 saturated carbocycles. The van der Waals surface area contributed by atoms with Crippen LogP contribution in [-0.2, 0) is 0 Å². The Morgan fingerprint density at radius 3 is 2.22 bits per heavy atom. The summed E-state index contributed by atoms with van der Waals surface area (Å²) in [6, 6.07) is 28.6. The Morgan fingerprint density at radius 2 is 1.39 bits per heavy atom. The van der Waals surface area contributed by atoms with Crippen molar-refractivity contribution < 1.29 is 0 Å². The summed E-state index contributed by atoms with van der Waals surface area (Å²) in [6.45, 7) is 0. The van der Waals surface area contributed by atoms with E-state index >= 15 is 0 Å². The second-order valence-electron chi connectivity index (χ2n) is 5.45. The molecular weight excluding hydrogens is 302 g/mol. The van der Waals surface area contributed by atoms with Gasteiger partial charge in [0.2, 0.25) is 0 Å². The molecule has 0 radical (unpaired) electrons. The number of fused-ring (bicyclic) bond motifs is 1. The molecule has 0 bridgehead atoms. The Morgan fingerprint density at radius 1 is 0.652 bits per heavy atom. The van der Waals surface area contributed by atoms with Gasteiger partial charge in [0.1, 0.15) is 0 Å². The number of nitrogens with zero attached hydrogens (tertiary/aromatic N) is 1. The zero-order chi connectivity index (χ0) is 15.6. The van der Waals surface area contributed by atoms with Gasteiger partial charge in [-0.15, -0.1) is 0 Å². The molecule has 1 nitrogen and oxygen atoms in total. The Bertz CT molecular complexity index is 977. The van der Waals surface area contributed by atoms with Crippen molar-refractivity contribution >= 4 is 22.5 Å². The van der Waals surface area contributed by atoms with Crippen molar-refractivity contribution in [2.24, 2.45) is 0 Å². The van der Waals surface area contributed by atoms with Gasteiger partial charge in [0.15, 0.2) is 0 Å². The van der Waals surface area contributed by atoms with Crippen molar-refractivity contribution in [1.29, 1.82) is 0 Å². The standard InChI is InChI=1S/C21H14ClN/c22-18-11-6-10-17(13-18)21-19(15-7-2-1-3-8-15)14-16-9-4-5-12-20(16)23-21/h1-14H. The van der Waals surface area contributed by atoms with E-state index in [0.717, 1.165) is 38.3 Å². The monoisotopic (exact) mass is 315 g/mol. The normalized spacial score (nSPS) is 10.8. The van der Waals surface area contributed by atoms with E-state index in [4.69, 9.17) is 16.6 Å². The molecule has 1 heterocycles. The molecule has 0 aliphatic carbocycles. The highest BCUT2D eigenvalue weighted by Gasteiger charge is 2.11. The first-order valence-corrected chi connectivity index (χ1v) is 7.90. The van der Waals surface area contributed by atoms with Crippen LogP contribution in [0.2, 0.25) is 5.02 Å². The fraction of sp³-hybridized carbons (Fsp3) is 0. The quantitative estimate of drug-likeness (QED) is 0.428. The highest BCUT2D eigenvalue weighted by Crippen LogP contribution is 2.34. The lowest BCUT2D eigenvalue weighted by Gasteiger charge is -2.12. The molecule has 2 heteroatoms. The average molecular weight is 316 g/mol. The van der Waals surface area contributed by atoms with Crippen LogP contribution in [0.5, 0.6) is 0 Å². The first kappa shape index (κ1) is 14.0. The Hall–Kier alpha value is -2.64. The molecule has 0 atom stereocenters. The van der Waals surface area contributed by atoms with Gasteiger partial charge < -0.3 is 0 Å². The lowest BCUT2D eigenvalue weighted by Crippen LogP contribution is -1.91. The van der Waals surface area contributed by atoms with Gasteiger partial charge in [0.25, 0.3) is 0 Å². The number of hydrogen-bond acceptors (Lipinski definition) is 1. The number of aromatic nitrogens is 1. The first-order valence-electron chi connectivity index (χ1n) is 7.52. The van der Waals surface area contributed by atoms with E-state index in [1.807, 2.05) is 54.6 Å². The molecule has 1 aromatic heterocycles. The van der Waals surface area contributed by atoms with E-state index in [2.05, 4.69) is 30.3 Å². The molecule has 0 fully saturated rings. The molecule has 0 saturated heterocycles. The summed E-state index contributed by atoms with van der Waals surface area (Å²) in [6.07, 6.45) is 0. The number of halogens is 1. The summed E-state index contributed by atoms with van der Waals surface area (Å²) in [4.78, 5) is 4.90. The van der Waals surface area contributed by atoms with Gasteiger partial charge in [0.05, 0.1) is 11.2 Å². The Balaban J connectivity index is 2.04. The van der Waals surface area contributed by atoms with Crippen LogP contribution in [0.15, 0.2) is 84.9 Å². The van der Waals surface area contributed by atoms with Gasteiger partial charge in [-0.1, -0.05) is 72.3 Å². The Kier molecular flexibility index (Phi) is 3.57. The number of rotatable bonds is 2. The SMILES string of the molecule is Clc1cccc(-c2nc3ccccc3cc2-c2ccccc2)c1. The summed E-state index contributed by atoms with van der Waals surface area (Å²) in [5.41, 5.74) is 5.24. The zero-order valence-electron chi connectivity index (χ0n) is 12.4. The maximum atomic E-state index is 6.18. The van der Waals surface area contributed by atoms with Crippen molar-refractivity contribution in [2.75, 3.05) is 0 Å². The van der Waals surface area contributed by atoms with Gasteiger partial charge in [-0.05, 0) is 29.8 Å². The molecule has 4 rings (SSSR count). The summed E-state index contributed by atoms with van der Waals surface area (Å²) in [5.74, 6) is 0.